The van der Waals surface area contributed by atoms with E-state index in [9.17, 15) is 13.2 Å². The van der Waals surface area contributed by atoms with E-state index in [1.807, 2.05) is 65.8 Å². The van der Waals surface area contributed by atoms with Gasteiger partial charge in [-0.1, -0.05) is 102 Å². The van der Waals surface area contributed by atoms with Gasteiger partial charge in [0.2, 0.25) is 5.82 Å². The van der Waals surface area contributed by atoms with Crippen molar-refractivity contribution >= 4 is 43.6 Å². The Kier molecular flexibility index (Phi) is 8.05. The number of benzene rings is 6. The minimum absolute atomic E-state index is 0.340. The maximum atomic E-state index is 16.2. The second kappa shape index (κ2) is 12.2. The van der Waals surface area contributed by atoms with Crippen molar-refractivity contribution in [1.82, 2.24) is 9.13 Å². The number of alkyl halides is 3. The highest BCUT2D eigenvalue weighted by atomic mass is 19.4. The standard InChI is InChI=1S/C45H34F8N2/c1-43(2,3)24-15-17-28-26-11-7-9-13-30(26)54(32(28)21-24)34-19-23(36-38(46)40(48)42(50)41(49)39(36)47)20-35(37(34)45(51,52)53)55-31-14-10-8-12-27(31)29-18-16-25(22-33(29)55)44(4,5)6/h7-22H,1-6H3. The lowest BCUT2D eigenvalue weighted by Crippen LogP contribution is -2.17. The minimum Gasteiger partial charge on any atom is -0.309 e. The molecule has 0 radical (unpaired) electrons. The molecule has 2 heterocycles. The third kappa shape index (κ3) is 5.59. The first-order valence-electron chi connectivity index (χ1n) is 17.6. The first kappa shape index (κ1) is 36.3. The van der Waals surface area contributed by atoms with Gasteiger partial charge in [-0.15, -0.1) is 0 Å². The van der Waals surface area contributed by atoms with Crippen molar-refractivity contribution in [2.75, 3.05) is 0 Å². The normalized spacial score (nSPS) is 12.9. The molecule has 2 nitrogen and oxygen atoms in total. The Balaban J connectivity index is 1.65. The molecule has 0 aliphatic carbocycles. The van der Waals surface area contributed by atoms with Crippen LogP contribution in [0, 0.1) is 29.1 Å². The van der Waals surface area contributed by atoms with Crippen LogP contribution in [-0.2, 0) is 17.0 Å². The molecule has 0 aliphatic heterocycles. The van der Waals surface area contributed by atoms with Crippen LogP contribution >= 0.6 is 0 Å². The highest BCUT2D eigenvalue weighted by Crippen LogP contribution is 2.47. The first-order valence-corrected chi connectivity index (χ1v) is 17.6. The Hall–Kier alpha value is -5.64. The maximum Gasteiger partial charge on any atom is 0.420 e. The van der Waals surface area contributed by atoms with E-state index in [1.54, 1.807) is 60.7 Å². The average molecular weight is 755 g/mol. The highest BCUT2D eigenvalue weighted by Gasteiger charge is 2.40. The summed E-state index contributed by atoms with van der Waals surface area (Å²) in [6, 6.07) is 26.3. The third-order valence-electron chi connectivity index (χ3n) is 10.4. The molecule has 0 saturated heterocycles. The summed E-state index contributed by atoms with van der Waals surface area (Å²) in [7, 11) is 0. The van der Waals surface area contributed by atoms with Crippen LogP contribution in [0.5, 0.6) is 0 Å². The molecule has 8 rings (SSSR count). The zero-order valence-electron chi connectivity index (χ0n) is 30.7. The van der Waals surface area contributed by atoms with E-state index >= 15 is 22.0 Å². The lowest BCUT2D eigenvalue weighted by molar-refractivity contribution is -0.137. The summed E-state index contributed by atoms with van der Waals surface area (Å²) in [6.45, 7) is 11.7. The number of fused-ring (bicyclic) bond motifs is 6. The van der Waals surface area contributed by atoms with Gasteiger partial charge in [-0.25, -0.2) is 22.0 Å². The topological polar surface area (TPSA) is 9.86 Å². The molecule has 0 bridgehead atoms. The van der Waals surface area contributed by atoms with Gasteiger partial charge in [0.05, 0.1) is 39.0 Å². The number of hydrogen-bond acceptors (Lipinski definition) is 0. The van der Waals surface area contributed by atoms with Gasteiger partial charge in [-0.05, 0) is 63.9 Å². The maximum absolute atomic E-state index is 16.2. The van der Waals surface area contributed by atoms with Crippen LogP contribution in [0.3, 0.4) is 0 Å². The Morgan fingerprint density at radius 1 is 0.418 bits per heavy atom. The fourth-order valence-corrected chi connectivity index (χ4v) is 7.65. The minimum atomic E-state index is -5.11. The molecular weight excluding hydrogens is 720 g/mol. The van der Waals surface area contributed by atoms with Crippen LogP contribution in [0.1, 0.15) is 58.2 Å². The first-order chi connectivity index (χ1) is 25.8. The van der Waals surface area contributed by atoms with E-state index in [-0.39, 0.29) is 0 Å². The molecule has 0 unspecified atom stereocenters. The lowest BCUT2D eigenvalue weighted by Gasteiger charge is -2.24. The second-order valence-electron chi connectivity index (χ2n) is 16.0. The van der Waals surface area contributed by atoms with E-state index in [1.165, 1.54) is 9.13 Å². The van der Waals surface area contributed by atoms with Gasteiger partial charge < -0.3 is 9.13 Å². The molecule has 6 aromatic carbocycles. The number of hydrogen-bond donors (Lipinski definition) is 0. The number of aromatic nitrogens is 2. The summed E-state index contributed by atoms with van der Waals surface area (Å²) in [5.41, 5.74) is -2.15. The second-order valence-corrected chi connectivity index (χ2v) is 16.0. The Bertz CT molecular complexity index is 2700. The molecule has 0 amide bonds. The number of nitrogens with zero attached hydrogens (tertiary/aromatic N) is 2. The van der Waals surface area contributed by atoms with Crippen LogP contribution in [0.4, 0.5) is 35.1 Å². The van der Waals surface area contributed by atoms with Crippen LogP contribution in [0.15, 0.2) is 97.1 Å². The van der Waals surface area contributed by atoms with Crippen molar-refractivity contribution in [2.45, 2.75) is 58.5 Å². The van der Waals surface area contributed by atoms with E-state index in [4.69, 9.17) is 0 Å². The molecule has 8 aromatic rings. The molecule has 10 heteroatoms. The van der Waals surface area contributed by atoms with E-state index in [2.05, 4.69) is 0 Å². The molecule has 280 valence electrons. The molecule has 0 fully saturated rings. The van der Waals surface area contributed by atoms with Gasteiger partial charge in [0, 0.05) is 21.5 Å². The van der Waals surface area contributed by atoms with Crippen LogP contribution in [0.2, 0.25) is 0 Å². The van der Waals surface area contributed by atoms with Gasteiger partial charge in [0.15, 0.2) is 23.3 Å². The van der Waals surface area contributed by atoms with Crippen LogP contribution in [0.25, 0.3) is 66.1 Å². The van der Waals surface area contributed by atoms with E-state index < -0.39 is 74.2 Å². The summed E-state index contributed by atoms with van der Waals surface area (Å²) in [5, 5.41) is 2.40. The number of halogens is 8. The Labute approximate surface area is 311 Å². The zero-order valence-corrected chi connectivity index (χ0v) is 30.7. The van der Waals surface area contributed by atoms with Crippen molar-refractivity contribution in [2.24, 2.45) is 0 Å². The van der Waals surface area contributed by atoms with Crippen molar-refractivity contribution in [3.8, 4) is 22.5 Å². The zero-order chi connectivity index (χ0) is 39.5. The third-order valence-corrected chi connectivity index (χ3v) is 10.4. The van der Waals surface area contributed by atoms with Gasteiger partial charge in [0.1, 0.15) is 5.56 Å². The summed E-state index contributed by atoms with van der Waals surface area (Å²) in [5.74, 6) is -11.1. The van der Waals surface area contributed by atoms with E-state index in [0.717, 1.165) is 23.3 Å². The summed E-state index contributed by atoms with van der Waals surface area (Å²) >= 11 is 0. The molecule has 55 heavy (non-hydrogen) atoms. The van der Waals surface area contributed by atoms with Gasteiger partial charge in [0.25, 0.3) is 0 Å². The monoisotopic (exact) mass is 754 g/mol. The van der Waals surface area contributed by atoms with Gasteiger partial charge in [-0.3, -0.25) is 0 Å². The predicted molar refractivity (Wildman–Crippen MR) is 203 cm³/mol. The molecule has 2 aromatic heterocycles. The van der Waals surface area contributed by atoms with Crippen molar-refractivity contribution in [1.29, 1.82) is 0 Å². The van der Waals surface area contributed by atoms with Crippen LogP contribution in [-0.4, -0.2) is 9.13 Å². The number of para-hydroxylation sites is 2. The fourth-order valence-electron chi connectivity index (χ4n) is 7.65. The molecule has 0 N–H and O–H groups in total. The van der Waals surface area contributed by atoms with Crippen molar-refractivity contribution < 1.29 is 35.1 Å². The molecular formula is C45H34F8N2. The summed E-state index contributed by atoms with van der Waals surface area (Å²) in [6.07, 6.45) is -5.11. The largest absolute Gasteiger partial charge is 0.420 e. The van der Waals surface area contributed by atoms with Gasteiger partial charge >= 0.3 is 6.18 Å². The highest BCUT2D eigenvalue weighted by molar-refractivity contribution is 6.11. The summed E-state index contributed by atoms with van der Waals surface area (Å²) < 4.78 is 127. The average Bonchev–Trinajstić information content (AvgIpc) is 3.64. The Morgan fingerprint density at radius 3 is 1.16 bits per heavy atom. The smallest absolute Gasteiger partial charge is 0.309 e. The molecule has 0 saturated carbocycles. The summed E-state index contributed by atoms with van der Waals surface area (Å²) in [4.78, 5) is 0. The lowest BCUT2D eigenvalue weighted by atomic mass is 9.86. The number of rotatable bonds is 3. The van der Waals surface area contributed by atoms with E-state index in [0.29, 0.717) is 43.6 Å². The van der Waals surface area contributed by atoms with Crippen LogP contribution < -0.4 is 0 Å². The molecule has 0 aliphatic rings. The SMILES string of the molecule is CC(C)(C)c1ccc2c3ccccc3n(-c3cc(-c4c(F)c(F)c(F)c(F)c4F)cc(-n4c5ccccc5c5ccc(C(C)(C)C)cc54)c3C(F)(F)F)c2c1. The van der Waals surface area contributed by atoms with Crippen molar-refractivity contribution in [3.05, 3.63) is 143 Å². The van der Waals surface area contributed by atoms with Gasteiger partial charge in [-0.2, -0.15) is 13.2 Å². The van der Waals surface area contributed by atoms with Crippen molar-refractivity contribution in [3.63, 3.8) is 0 Å². The molecule has 0 atom stereocenters. The Morgan fingerprint density at radius 2 is 0.782 bits per heavy atom. The fraction of sp³-hybridized carbons (Fsp3) is 0.200. The predicted octanol–water partition coefficient (Wildman–Crippen LogP) is 13.9. The quantitative estimate of drug-likeness (QED) is 0.0966. The molecule has 0 spiro atoms.